The second-order valence-corrected chi connectivity index (χ2v) is 6.57. The van der Waals surface area contributed by atoms with Crippen LogP contribution in [0.2, 0.25) is 0 Å². The van der Waals surface area contributed by atoms with Gasteiger partial charge < -0.3 is 9.64 Å². The normalized spacial score (nSPS) is 26.0. The van der Waals surface area contributed by atoms with Crippen LogP contribution in [0.5, 0.6) is 0 Å². The highest BCUT2D eigenvalue weighted by Gasteiger charge is 2.38. The predicted octanol–water partition coefficient (Wildman–Crippen LogP) is 2.92. The van der Waals surface area contributed by atoms with Crippen molar-refractivity contribution < 1.29 is 17.9 Å². The van der Waals surface area contributed by atoms with Crippen LogP contribution in [0, 0.1) is 0 Å². The third-order valence-corrected chi connectivity index (χ3v) is 4.77. The van der Waals surface area contributed by atoms with Gasteiger partial charge in [-0.2, -0.15) is 13.2 Å². The lowest BCUT2D eigenvalue weighted by Crippen LogP contribution is -2.58. The van der Waals surface area contributed by atoms with Crippen molar-refractivity contribution in [3.8, 4) is 0 Å². The molecule has 2 aliphatic heterocycles. The Kier molecular flexibility index (Phi) is 4.27. The molecule has 3 rings (SSSR count). The Hall–Kier alpha value is -1.34. The van der Waals surface area contributed by atoms with Crippen molar-refractivity contribution in [1.82, 2.24) is 9.88 Å². The van der Waals surface area contributed by atoms with Gasteiger partial charge in [0.1, 0.15) is 5.82 Å². The molecule has 0 radical (unpaired) electrons. The predicted molar refractivity (Wildman–Crippen MR) is 81.3 cm³/mol. The van der Waals surface area contributed by atoms with Gasteiger partial charge in [-0.3, -0.25) is 4.90 Å². The van der Waals surface area contributed by atoms with Crippen LogP contribution in [0.4, 0.5) is 19.0 Å². The summed E-state index contributed by atoms with van der Waals surface area (Å²) in [6, 6.07) is 1.72. The Labute approximate surface area is 134 Å². The molecule has 0 aliphatic carbocycles. The summed E-state index contributed by atoms with van der Waals surface area (Å²) in [6.45, 7) is 8.92. The molecule has 1 saturated heterocycles. The summed E-state index contributed by atoms with van der Waals surface area (Å²) in [4.78, 5) is 8.63. The summed E-state index contributed by atoms with van der Waals surface area (Å²) < 4.78 is 44.5. The van der Waals surface area contributed by atoms with E-state index in [9.17, 15) is 13.2 Å². The molecule has 3 heterocycles. The fourth-order valence-corrected chi connectivity index (χ4v) is 3.32. The van der Waals surface area contributed by atoms with E-state index in [1.54, 1.807) is 0 Å². The van der Waals surface area contributed by atoms with Crippen LogP contribution in [0.1, 0.15) is 31.9 Å². The molecule has 128 valence electrons. The monoisotopic (exact) mass is 329 g/mol. The maximum absolute atomic E-state index is 12.9. The molecule has 0 spiro atoms. The number of hydrogen-bond donors (Lipinski definition) is 0. The molecule has 1 aromatic heterocycles. The number of pyridine rings is 1. The minimum Gasteiger partial charge on any atom is -0.371 e. The number of nitrogens with zero attached hydrogens (tertiary/aromatic N) is 3. The smallest absolute Gasteiger partial charge is 0.371 e. The molecule has 0 N–H and O–H groups in total. The van der Waals surface area contributed by atoms with Gasteiger partial charge in [0.2, 0.25) is 0 Å². The molecule has 1 unspecified atom stereocenters. The molecule has 0 saturated carbocycles. The number of anilines is 1. The number of aromatic nitrogens is 1. The highest BCUT2D eigenvalue weighted by molar-refractivity contribution is 5.51. The average molecular weight is 329 g/mol. The van der Waals surface area contributed by atoms with Crippen LogP contribution in [0.25, 0.3) is 0 Å². The van der Waals surface area contributed by atoms with E-state index in [2.05, 4.69) is 28.6 Å². The highest BCUT2D eigenvalue weighted by atomic mass is 19.4. The number of halogens is 3. The number of rotatable bonds is 1. The topological polar surface area (TPSA) is 28.6 Å². The molecule has 0 amide bonds. The third-order valence-electron chi connectivity index (χ3n) is 4.77. The van der Waals surface area contributed by atoms with E-state index in [1.165, 1.54) is 6.07 Å². The molecule has 2 atom stereocenters. The van der Waals surface area contributed by atoms with E-state index in [0.717, 1.165) is 25.8 Å². The van der Waals surface area contributed by atoms with Gasteiger partial charge in [-0.15, -0.1) is 0 Å². The van der Waals surface area contributed by atoms with E-state index in [4.69, 9.17) is 4.74 Å². The van der Waals surface area contributed by atoms with Crippen molar-refractivity contribution >= 4 is 5.82 Å². The van der Waals surface area contributed by atoms with E-state index >= 15 is 0 Å². The second kappa shape index (κ2) is 5.94. The summed E-state index contributed by atoms with van der Waals surface area (Å²) in [5.41, 5.74) is -0.195. The quantitative estimate of drug-likeness (QED) is 0.792. The maximum Gasteiger partial charge on any atom is 0.417 e. The molecule has 0 bridgehead atoms. The van der Waals surface area contributed by atoms with Gasteiger partial charge >= 0.3 is 6.18 Å². The first-order valence-electron chi connectivity index (χ1n) is 7.96. The standard InChI is InChI=1S/C16H22F3N3O/c1-10(2)21-4-5-22-14(8-21)11(3)23-9-12-6-13(16(17,18)19)7-20-15(12)22/h6-7,10-11,14H,4-5,8-9H2,1-3H3/t11?,14-/m1/s1. The van der Waals surface area contributed by atoms with Crippen molar-refractivity contribution in [3.63, 3.8) is 0 Å². The molecular weight excluding hydrogens is 307 g/mol. The van der Waals surface area contributed by atoms with Crippen LogP contribution < -0.4 is 4.90 Å². The maximum atomic E-state index is 12.9. The zero-order chi connectivity index (χ0) is 16.8. The van der Waals surface area contributed by atoms with Gasteiger partial charge in [0.25, 0.3) is 0 Å². The van der Waals surface area contributed by atoms with E-state index in [1.807, 2.05) is 6.92 Å². The molecule has 1 aromatic rings. The summed E-state index contributed by atoms with van der Waals surface area (Å²) >= 11 is 0. The van der Waals surface area contributed by atoms with Gasteiger partial charge in [0.05, 0.1) is 24.3 Å². The fourth-order valence-electron chi connectivity index (χ4n) is 3.32. The van der Waals surface area contributed by atoms with Crippen molar-refractivity contribution in [2.75, 3.05) is 24.5 Å². The van der Waals surface area contributed by atoms with E-state index < -0.39 is 11.7 Å². The lowest BCUT2D eigenvalue weighted by Gasteiger charge is -2.44. The average Bonchev–Trinajstić information content (AvgIpc) is 2.63. The minimum absolute atomic E-state index is 0.0555. The van der Waals surface area contributed by atoms with Gasteiger partial charge in [0.15, 0.2) is 0 Å². The first-order chi connectivity index (χ1) is 10.8. The summed E-state index contributed by atoms with van der Waals surface area (Å²) in [5.74, 6) is 0.635. The van der Waals surface area contributed by atoms with Crippen molar-refractivity contribution in [1.29, 1.82) is 0 Å². The van der Waals surface area contributed by atoms with Gasteiger partial charge in [-0.25, -0.2) is 4.98 Å². The lowest BCUT2D eigenvalue weighted by molar-refractivity contribution is -0.137. The second-order valence-electron chi connectivity index (χ2n) is 6.57. The van der Waals surface area contributed by atoms with Crippen molar-refractivity contribution in [2.24, 2.45) is 0 Å². The zero-order valence-electron chi connectivity index (χ0n) is 13.6. The minimum atomic E-state index is -4.38. The Bertz CT molecular complexity index is 576. The van der Waals surface area contributed by atoms with Crippen LogP contribution >= 0.6 is 0 Å². The number of piperazine rings is 1. The van der Waals surface area contributed by atoms with Crippen LogP contribution in [0.3, 0.4) is 0 Å². The van der Waals surface area contributed by atoms with Crippen molar-refractivity contribution in [2.45, 2.75) is 51.7 Å². The van der Waals surface area contributed by atoms with E-state index in [-0.39, 0.29) is 18.8 Å². The first-order valence-corrected chi connectivity index (χ1v) is 7.96. The van der Waals surface area contributed by atoms with Crippen molar-refractivity contribution in [3.05, 3.63) is 23.4 Å². The highest BCUT2D eigenvalue weighted by Crippen LogP contribution is 2.35. The number of ether oxygens (including phenoxy) is 1. The zero-order valence-corrected chi connectivity index (χ0v) is 13.6. The molecule has 2 aliphatic rings. The van der Waals surface area contributed by atoms with Crippen LogP contribution in [0.15, 0.2) is 12.3 Å². The van der Waals surface area contributed by atoms with Crippen LogP contribution in [-0.2, 0) is 17.5 Å². The fraction of sp³-hybridized carbons (Fsp3) is 0.688. The molecule has 23 heavy (non-hydrogen) atoms. The third kappa shape index (κ3) is 3.17. The Morgan fingerprint density at radius 3 is 2.70 bits per heavy atom. The number of alkyl halides is 3. The molecule has 4 nitrogen and oxygen atoms in total. The number of fused-ring (bicyclic) bond motifs is 3. The Balaban J connectivity index is 1.94. The van der Waals surface area contributed by atoms with Gasteiger partial charge in [0, 0.05) is 37.4 Å². The van der Waals surface area contributed by atoms with Crippen LogP contribution in [-0.4, -0.2) is 47.7 Å². The Morgan fingerprint density at radius 1 is 1.30 bits per heavy atom. The summed E-state index contributed by atoms with van der Waals surface area (Å²) in [5, 5.41) is 0. The van der Waals surface area contributed by atoms with Gasteiger partial charge in [-0.1, -0.05) is 0 Å². The largest absolute Gasteiger partial charge is 0.417 e. The first kappa shape index (κ1) is 16.5. The SMILES string of the molecule is CC1OCc2cc(C(F)(F)F)cnc2N2CCN(C(C)C)C[C@H]12. The molecule has 0 aromatic carbocycles. The summed E-state index contributed by atoms with van der Waals surface area (Å²) in [7, 11) is 0. The van der Waals surface area contributed by atoms with E-state index in [0.29, 0.717) is 17.4 Å². The lowest BCUT2D eigenvalue weighted by atomic mass is 10.1. The molecular formula is C16H22F3N3O. The summed E-state index contributed by atoms with van der Waals surface area (Å²) in [6.07, 6.45) is -3.50. The molecule has 7 heteroatoms. The number of hydrogen-bond acceptors (Lipinski definition) is 4. The van der Waals surface area contributed by atoms with Gasteiger partial charge in [-0.05, 0) is 26.8 Å². The molecule has 1 fully saturated rings. The Morgan fingerprint density at radius 2 is 2.04 bits per heavy atom.